The molecule has 0 amide bonds. The van der Waals surface area contributed by atoms with Gasteiger partial charge in [0.05, 0.1) is 5.02 Å². The molecule has 118 valence electrons. The van der Waals surface area contributed by atoms with Crippen molar-refractivity contribution < 1.29 is 4.74 Å². The molecular formula is C18H21Cl2NO. The molecule has 0 saturated carbocycles. The van der Waals surface area contributed by atoms with Gasteiger partial charge in [-0.2, -0.15) is 0 Å². The van der Waals surface area contributed by atoms with Crippen LogP contribution < -0.4 is 4.74 Å². The molecule has 0 aliphatic carbocycles. The van der Waals surface area contributed by atoms with Gasteiger partial charge < -0.3 is 9.64 Å². The minimum absolute atomic E-state index is 0.519. The van der Waals surface area contributed by atoms with Crippen molar-refractivity contribution in [3.05, 3.63) is 58.1 Å². The summed E-state index contributed by atoms with van der Waals surface area (Å²) in [4.78, 5) is 2.39. The molecule has 22 heavy (non-hydrogen) atoms. The smallest absolute Gasteiger partial charge is 0.146 e. The van der Waals surface area contributed by atoms with Crippen LogP contribution in [0.3, 0.4) is 0 Å². The Morgan fingerprint density at radius 2 is 1.68 bits per heavy atom. The summed E-state index contributed by atoms with van der Waals surface area (Å²) in [6.45, 7) is 7.49. The maximum atomic E-state index is 6.19. The van der Waals surface area contributed by atoms with Crippen LogP contribution in [-0.4, -0.2) is 24.5 Å². The van der Waals surface area contributed by atoms with E-state index in [1.807, 2.05) is 18.2 Å². The topological polar surface area (TPSA) is 12.5 Å². The van der Waals surface area contributed by atoms with Gasteiger partial charge in [-0.1, -0.05) is 55.2 Å². The van der Waals surface area contributed by atoms with E-state index in [1.54, 1.807) is 18.2 Å². The van der Waals surface area contributed by atoms with E-state index < -0.39 is 0 Å². The highest BCUT2D eigenvalue weighted by Gasteiger charge is 2.09. The second kappa shape index (κ2) is 8.42. The second-order valence-corrected chi connectivity index (χ2v) is 5.91. The van der Waals surface area contributed by atoms with Gasteiger partial charge in [-0.05, 0) is 49.3 Å². The van der Waals surface area contributed by atoms with Crippen molar-refractivity contribution in [2.24, 2.45) is 0 Å². The summed E-state index contributed by atoms with van der Waals surface area (Å²) in [5.74, 6) is 1.47. The first-order chi connectivity index (χ1) is 10.6. The summed E-state index contributed by atoms with van der Waals surface area (Å²) in [5, 5.41) is 1.12. The number of hydrogen-bond acceptors (Lipinski definition) is 2. The fourth-order valence-corrected chi connectivity index (χ4v) is 2.75. The number of nitrogens with zero attached hydrogens (tertiary/aromatic N) is 1. The highest BCUT2D eigenvalue weighted by Crippen LogP contribution is 2.33. The highest BCUT2D eigenvalue weighted by atomic mass is 35.5. The maximum Gasteiger partial charge on any atom is 0.146 e. The van der Waals surface area contributed by atoms with Gasteiger partial charge in [0.1, 0.15) is 11.5 Å². The van der Waals surface area contributed by atoms with E-state index in [2.05, 4.69) is 24.8 Å². The van der Waals surface area contributed by atoms with E-state index in [1.165, 1.54) is 5.56 Å². The van der Waals surface area contributed by atoms with Crippen molar-refractivity contribution in [1.82, 2.24) is 4.90 Å². The molecule has 2 rings (SSSR count). The lowest BCUT2D eigenvalue weighted by molar-refractivity contribution is 0.306. The van der Waals surface area contributed by atoms with E-state index in [0.717, 1.165) is 31.8 Å². The fourth-order valence-electron chi connectivity index (χ4n) is 2.30. The molecule has 0 aromatic heterocycles. The normalized spacial score (nSPS) is 11.0. The van der Waals surface area contributed by atoms with E-state index >= 15 is 0 Å². The van der Waals surface area contributed by atoms with Gasteiger partial charge in [0.15, 0.2) is 0 Å². The van der Waals surface area contributed by atoms with Crippen LogP contribution in [0.15, 0.2) is 42.5 Å². The Balaban J connectivity index is 2.14. The third-order valence-corrected chi connectivity index (χ3v) is 4.21. The van der Waals surface area contributed by atoms with Gasteiger partial charge in [-0.3, -0.25) is 0 Å². The number of benzene rings is 2. The largest absolute Gasteiger partial charge is 0.456 e. The number of hydrogen-bond donors (Lipinski definition) is 0. The number of para-hydroxylation sites is 1. The Hall–Kier alpha value is -1.22. The molecular weight excluding hydrogens is 317 g/mol. The molecule has 2 nitrogen and oxygen atoms in total. The molecule has 2 aromatic rings. The zero-order valence-electron chi connectivity index (χ0n) is 13.0. The van der Waals surface area contributed by atoms with Crippen molar-refractivity contribution in [1.29, 1.82) is 0 Å². The summed E-state index contributed by atoms with van der Waals surface area (Å²) in [7, 11) is 0. The molecule has 0 atom stereocenters. The van der Waals surface area contributed by atoms with Crippen LogP contribution in [0.2, 0.25) is 10.0 Å². The SMILES string of the molecule is CCN(CC)CCc1ccccc1Oc1ccc(Cl)cc1Cl. The van der Waals surface area contributed by atoms with Crippen molar-refractivity contribution in [3.8, 4) is 11.5 Å². The first kappa shape index (κ1) is 17.1. The van der Waals surface area contributed by atoms with E-state index in [0.29, 0.717) is 15.8 Å². The predicted octanol–water partition coefficient (Wildman–Crippen LogP) is 5.67. The van der Waals surface area contributed by atoms with Crippen molar-refractivity contribution in [2.75, 3.05) is 19.6 Å². The van der Waals surface area contributed by atoms with Crippen LogP contribution in [0.4, 0.5) is 0 Å². The Kier molecular flexibility index (Phi) is 6.56. The summed E-state index contributed by atoms with van der Waals surface area (Å²) in [5.41, 5.74) is 1.18. The summed E-state index contributed by atoms with van der Waals surface area (Å²) < 4.78 is 5.99. The maximum absolute atomic E-state index is 6.19. The molecule has 0 saturated heterocycles. The average molecular weight is 338 g/mol. The van der Waals surface area contributed by atoms with E-state index in [-0.39, 0.29) is 0 Å². The number of rotatable bonds is 7. The number of ether oxygens (including phenoxy) is 1. The fraction of sp³-hybridized carbons (Fsp3) is 0.333. The molecule has 0 N–H and O–H groups in total. The third-order valence-electron chi connectivity index (χ3n) is 3.68. The Morgan fingerprint density at radius 3 is 2.36 bits per heavy atom. The van der Waals surface area contributed by atoms with Gasteiger partial charge in [0.2, 0.25) is 0 Å². The van der Waals surface area contributed by atoms with Crippen molar-refractivity contribution >= 4 is 23.2 Å². The Morgan fingerprint density at radius 1 is 0.955 bits per heavy atom. The van der Waals surface area contributed by atoms with Gasteiger partial charge in [-0.25, -0.2) is 0 Å². The molecule has 0 spiro atoms. The second-order valence-electron chi connectivity index (χ2n) is 5.06. The van der Waals surface area contributed by atoms with Crippen LogP contribution in [0, 0.1) is 0 Å². The molecule has 0 radical (unpaired) electrons. The summed E-state index contributed by atoms with van der Waals surface area (Å²) in [6.07, 6.45) is 0.947. The number of likely N-dealkylation sites (N-methyl/N-ethyl adjacent to an activating group) is 1. The monoisotopic (exact) mass is 337 g/mol. The van der Waals surface area contributed by atoms with Gasteiger partial charge in [0.25, 0.3) is 0 Å². The van der Waals surface area contributed by atoms with E-state index in [4.69, 9.17) is 27.9 Å². The van der Waals surface area contributed by atoms with Crippen LogP contribution in [0.1, 0.15) is 19.4 Å². The Bertz CT molecular complexity index is 612. The molecule has 4 heteroatoms. The molecule has 2 aromatic carbocycles. The lowest BCUT2D eigenvalue weighted by Gasteiger charge is -2.19. The Labute approximate surface area is 142 Å². The number of halogens is 2. The minimum atomic E-state index is 0.519. The molecule has 0 bridgehead atoms. The predicted molar refractivity (Wildman–Crippen MR) is 94.5 cm³/mol. The molecule has 0 aliphatic heterocycles. The minimum Gasteiger partial charge on any atom is -0.456 e. The first-order valence-electron chi connectivity index (χ1n) is 7.57. The summed E-state index contributed by atoms with van der Waals surface area (Å²) >= 11 is 12.1. The first-order valence-corrected chi connectivity index (χ1v) is 8.32. The quantitative estimate of drug-likeness (QED) is 0.645. The van der Waals surface area contributed by atoms with Gasteiger partial charge in [-0.15, -0.1) is 0 Å². The zero-order chi connectivity index (χ0) is 15.9. The standard InChI is InChI=1S/C18H21Cl2NO/c1-3-21(4-2)12-11-14-7-5-6-8-17(14)22-18-10-9-15(19)13-16(18)20/h5-10,13H,3-4,11-12H2,1-2H3. The summed E-state index contributed by atoms with van der Waals surface area (Å²) in [6, 6.07) is 13.4. The van der Waals surface area contributed by atoms with Crippen LogP contribution >= 0.6 is 23.2 Å². The molecule has 0 unspecified atom stereocenters. The molecule has 0 aliphatic rings. The lowest BCUT2D eigenvalue weighted by Crippen LogP contribution is -2.25. The lowest BCUT2D eigenvalue weighted by atomic mass is 10.1. The third kappa shape index (κ3) is 4.64. The highest BCUT2D eigenvalue weighted by molar-refractivity contribution is 6.35. The van der Waals surface area contributed by atoms with E-state index in [9.17, 15) is 0 Å². The van der Waals surface area contributed by atoms with Gasteiger partial charge >= 0.3 is 0 Å². The van der Waals surface area contributed by atoms with Gasteiger partial charge in [0, 0.05) is 11.6 Å². The molecule has 0 fully saturated rings. The van der Waals surface area contributed by atoms with Crippen LogP contribution in [0.25, 0.3) is 0 Å². The van der Waals surface area contributed by atoms with Crippen LogP contribution in [-0.2, 0) is 6.42 Å². The zero-order valence-corrected chi connectivity index (χ0v) is 14.5. The average Bonchev–Trinajstić information content (AvgIpc) is 2.52. The van der Waals surface area contributed by atoms with Crippen molar-refractivity contribution in [3.63, 3.8) is 0 Å². The van der Waals surface area contributed by atoms with Crippen LogP contribution in [0.5, 0.6) is 11.5 Å². The van der Waals surface area contributed by atoms with Crippen molar-refractivity contribution in [2.45, 2.75) is 20.3 Å². The molecule has 0 heterocycles.